The van der Waals surface area contributed by atoms with E-state index in [0.29, 0.717) is 12.1 Å². The summed E-state index contributed by atoms with van der Waals surface area (Å²) in [6.45, 7) is 4.15. The fraction of sp³-hybridized carbons (Fsp3) is 0.667. The summed E-state index contributed by atoms with van der Waals surface area (Å²) in [4.78, 5) is 1.41. The zero-order valence-corrected chi connectivity index (χ0v) is 10.1. The van der Waals surface area contributed by atoms with Gasteiger partial charge in [-0.05, 0) is 37.6 Å². The third-order valence-electron chi connectivity index (χ3n) is 2.90. The molecule has 0 spiro atoms. The summed E-state index contributed by atoms with van der Waals surface area (Å²) in [6.07, 6.45) is 4.20. The molecule has 0 saturated carbocycles. The molecular formula is C12H19NOS. The molecule has 3 heteroatoms. The molecule has 0 bridgehead atoms. The number of hydrogen-bond donors (Lipinski definition) is 1. The normalized spacial score (nSPS) is 23.9. The molecule has 0 amide bonds. The third-order valence-corrected chi connectivity index (χ3v) is 3.95. The lowest BCUT2D eigenvalue weighted by Crippen LogP contribution is -2.33. The average molecular weight is 225 g/mol. The van der Waals surface area contributed by atoms with E-state index in [1.54, 1.807) is 0 Å². The van der Waals surface area contributed by atoms with E-state index >= 15 is 0 Å². The van der Waals surface area contributed by atoms with Crippen molar-refractivity contribution >= 4 is 11.3 Å². The van der Waals surface area contributed by atoms with E-state index in [1.165, 1.54) is 24.1 Å². The van der Waals surface area contributed by atoms with Crippen LogP contribution < -0.4 is 5.32 Å². The minimum absolute atomic E-state index is 0.432. The van der Waals surface area contributed by atoms with E-state index in [2.05, 4.69) is 29.8 Å². The summed E-state index contributed by atoms with van der Waals surface area (Å²) in [5.41, 5.74) is 0. The van der Waals surface area contributed by atoms with Gasteiger partial charge in [0, 0.05) is 24.1 Å². The van der Waals surface area contributed by atoms with Crippen LogP contribution in [0.15, 0.2) is 17.5 Å². The van der Waals surface area contributed by atoms with Gasteiger partial charge in [0.15, 0.2) is 0 Å². The van der Waals surface area contributed by atoms with Crippen LogP contribution in [-0.2, 0) is 4.74 Å². The maximum atomic E-state index is 5.69. The van der Waals surface area contributed by atoms with Gasteiger partial charge < -0.3 is 10.1 Å². The number of hydrogen-bond acceptors (Lipinski definition) is 3. The Morgan fingerprint density at radius 1 is 1.60 bits per heavy atom. The number of ether oxygens (including phenoxy) is 1. The molecule has 0 aliphatic carbocycles. The molecule has 84 valence electrons. The van der Waals surface area contributed by atoms with E-state index in [9.17, 15) is 0 Å². The van der Waals surface area contributed by atoms with Gasteiger partial charge in [-0.3, -0.25) is 0 Å². The molecule has 2 rings (SSSR count). The first-order chi connectivity index (χ1) is 7.36. The highest BCUT2D eigenvalue weighted by molar-refractivity contribution is 7.10. The van der Waals surface area contributed by atoms with Crippen molar-refractivity contribution in [3.05, 3.63) is 22.4 Å². The number of rotatable bonds is 4. The Morgan fingerprint density at radius 3 is 3.20 bits per heavy atom. The fourth-order valence-corrected chi connectivity index (χ4v) is 2.67. The summed E-state index contributed by atoms with van der Waals surface area (Å²) in [6, 6.07) is 4.75. The molecule has 1 unspecified atom stereocenters. The van der Waals surface area contributed by atoms with Crippen LogP contribution in [-0.4, -0.2) is 19.3 Å². The summed E-state index contributed by atoms with van der Waals surface area (Å²) < 4.78 is 5.69. The molecule has 1 saturated heterocycles. The van der Waals surface area contributed by atoms with Crippen LogP contribution in [0.5, 0.6) is 0 Å². The SMILES string of the molecule is C[C@H](NCC1CCCCO1)c1cccs1. The smallest absolute Gasteiger partial charge is 0.0699 e. The monoisotopic (exact) mass is 225 g/mol. The van der Waals surface area contributed by atoms with E-state index in [4.69, 9.17) is 4.74 Å². The van der Waals surface area contributed by atoms with Crippen molar-refractivity contribution in [2.24, 2.45) is 0 Å². The van der Waals surface area contributed by atoms with Gasteiger partial charge in [0.25, 0.3) is 0 Å². The van der Waals surface area contributed by atoms with Gasteiger partial charge in [-0.1, -0.05) is 6.07 Å². The van der Waals surface area contributed by atoms with Gasteiger partial charge in [-0.15, -0.1) is 11.3 Å². The summed E-state index contributed by atoms with van der Waals surface area (Å²) >= 11 is 1.81. The summed E-state index contributed by atoms with van der Waals surface area (Å²) in [5.74, 6) is 0. The molecule has 1 N–H and O–H groups in total. The Hall–Kier alpha value is -0.380. The van der Waals surface area contributed by atoms with Crippen molar-refractivity contribution in [3.63, 3.8) is 0 Å². The largest absolute Gasteiger partial charge is 0.377 e. The second-order valence-electron chi connectivity index (χ2n) is 4.13. The van der Waals surface area contributed by atoms with Gasteiger partial charge in [-0.25, -0.2) is 0 Å². The molecular weight excluding hydrogens is 206 g/mol. The first kappa shape index (κ1) is 11.1. The van der Waals surface area contributed by atoms with Gasteiger partial charge in [0.1, 0.15) is 0 Å². The molecule has 1 aliphatic rings. The first-order valence-corrected chi connectivity index (χ1v) is 6.62. The molecule has 0 radical (unpaired) electrons. The Bertz CT molecular complexity index is 267. The summed E-state index contributed by atoms with van der Waals surface area (Å²) in [7, 11) is 0. The second kappa shape index (κ2) is 5.64. The average Bonchev–Trinajstić information content (AvgIpc) is 2.81. The van der Waals surface area contributed by atoms with Crippen LogP contribution in [0.4, 0.5) is 0 Å². The van der Waals surface area contributed by atoms with E-state index in [-0.39, 0.29) is 0 Å². The topological polar surface area (TPSA) is 21.3 Å². The number of nitrogens with one attached hydrogen (secondary N) is 1. The maximum absolute atomic E-state index is 5.69. The van der Waals surface area contributed by atoms with Crippen molar-refractivity contribution < 1.29 is 4.74 Å². The van der Waals surface area contributed by atoms with Gasteiger partial charge >= 0.3 is 0 Å². The van der Waals surface area contributed by atoms with E-state index in [0.717, 1.165) is 13.2 Å². The molecule has 2 nitrogen and oxygen atoms in total. The lowest BCUT2D eigenvalue weighted by molar-refractivity contribution is 0.0157. The Kier molecular flexibility index (Phi) is 4.18. The van der Waals surface area contributed by atoms with Crippen LogP contribution in [0.25, 0.3) is 0 Å². The predicted molar refractivity (Wildman–Crippen MR) is 64.3 cm³/mol. The van der Waals surface area contributed by atoms with Gasteiger partial charge in [-0.2, -0.15) is 0 Å². The second-order valence-corrected chi connectivity index (χ2v) is 5.11. The molecule has 0 aromatic carbocycles. The Labute approximate surface area is 95.6 Å². The van der Waals surface area contributed by atoms with Crippen LogP contribution in [0.2, 0.25) is 0 Å². The highest BCUT2D eigenvalue weighted by Gasteiger charge is 2.15. The van der Waals surface area contributed by atoms with E-state index in [1.807, 2.05) is 11.3 Å². The first-order valence-electron chi connectivity index (χ1n) is 5.74. The Balaban J connectivity index is 1.73. The Morgan fingerprint density at radius 2 is 2.53 bits per heavy atom. The van der Waals surface area contributed by atoms with Crippen molar-refractivity contribution in [2.45, 2.75) is 38.3 Å². The maximum Gasteiger partial charge on any atom is 0.0699 e. The van der Waals surface area contributed by atoms with Crippen LogP contribution in [0.1, 0.15) is 37.1 Å². The van der Waals surface area contributed by atoms with Crippen LogP contribution >= 0.6 is 11.3 Å². The molecule has 2 atom stereocenters. The lowest BCUT2D eigenvalue weighted by atomic mass is 10.1. The standard InChI is InChI=1S/C12H19NOS/c1-10(12-6-4-8-15-12)13-9-11-5-2-3-7-14-11/h4,6,8,10-11,13H,2-3,5,7,9H2,1H3/t10-,11?/m0/s1. The highest BCUT2D eigenvalue weighted by atomic mass is 32.1. The minimum atomic E-state index is 0.432. The third kappa shape index (κ3) is 3.30. The van der Waals surface area contributed by atoms with Gasteiger partial charge in [0.05, 0.1) is 6.10 Å². The van der Waals surface area contributed by atoms with Crippen LogP contribution in [0, 0.1) is 0 Å². The van der Waals surface area contributed by atoms with Crippen molar-refractivity contribution in [3.8, 4) is 0 Å². The predicted octanol–water partition coefficient (Wildman–Crippen LogP) is 2.97. The van der Waals surface area contributed by atoms with Crippen molar-refractivity contribution in [1.29, 1.82) is 0 Å². The van der Waals surface area contributed by atoms with Crippen molar-refractivity contribution in [2.75, 3.05) is 13.2 Å². The minimum Gasteiger partial charge on any atom is -0.377 e. The quantitative estimate of drug-likeness (QED) is 0.850. The lowest BCUT2D eigenvalue weighted by Gasteiger charge is -2.24. The number of thiophene rings is 1. The molecule has 2 heterocycles. The van der Waals surface area contributed by atoms with Crippen LogP contribution in [0.3, 0.4) is 0 Å². The zero-order chi connectivity index (χ0) is 10.5. The molecule has 1 aliphatic heterocycles. The zero-order valence-electron chi connectivity index (χ0n) is 9.24. The van der Waals surface area contributed by atoms with E-state index < -0.39 is 0 Å². The molecule has 15 heavy (non-hydrogen) atoms. The molecule has 1 aromatic heterocycles. The molecule has 1 aromatic rings. The van der Waals surface area contributed by atoms with Gasteiger partial charge in [0.2, 0.25) is 0 Å². The van der Waals surface area contributed by atoms with Crippen molar-refractivity contribution in [1.82, 2.24) is 5.32 Å². The fourth-order valence-electron chi connectivity index (χ4n) is 1.91. The molecule has 1 fully saturated rings. The highest BCUT2D eigenvalue weighted by Crippen LogP contribution is 2.19. The summed E-state index contributed by atoms with van der Waals surface area (Å²) in [5, 5.41) is 5.67.